The Morgan fingerprint density at radius 1 is 1.06 bits per heavy atom. The minimum atomic E-state index is -0.796. The van der Waals surface area contributed by atoms with Crippen LogP contribution in [-0.2, 0) is 4.79 Å². The molecule has 1 saturated heterocycles. The van der Waals surface area contributed by atoms with Crippen molar-refractivity contribution in [2.45, 2.75) is 70.6 Å². The van der Waals surface area contributed by atoms with Gasteiger partial charge in [0.1, 0.15) is 5.75 Å². The van der Waals surface area contributed by atoms with Crippen molar-refractivity contribution < 1.29 is 9.53 Å². The van der Waals surface area contributed by atoms with E-state index in [1.54, 1.807) is 12.3 Å². The molecule has 1 aromatic heterocycles. The first-order chi connectivity index (χ1) is 15.0. The van der Waals surface area contributed by atoms with Gasteiger partial charge in [-0.25, -0.2) is 9.97 Å². The number of anilines is 2. The molecular weight excluding hydrogens is 390 g/mol. The molecule has 1 aromatic carbocycles. The molecule has 31 heavy (non-hydrogen) atoms. The second-order valence-corrected chi connectivity index (χ2v) is 8.72. The Hall–Kier alpha value is -2.67. The fourth-order valence-corrected chi connectivity index (χ4v) is 4.83. The van der Waals surface area contributed by atoms with Gasteiger partial charge >= 0.3 is 0 Å². The lowest BCUT2D eigenvalue weighted by Gasteiger charge is -2.39. The van der Waals surface area contributed by atoms with Crippen LogP contribution in [0.4, 0.5) is 11.6 Å². The zero-order chi connectivity index (χ0) is 21.8. The number of benzene rings is 1. The topological polar surface area (TPSA) is 84.6 Å². The van der Waals surface area contributed by atoms with Gasteiger partial charge in [-0.2, -0.15) is 0 Å². The van der Waals surface area contributed by atoms with Crippen molar-refractivity contribution in [2.24, 2.45) is 0 Å². The van der Waals surface area contributed by atoms with Crippen LogP contribution in [0.5, 0.6) is 5.75 Å². The number of para-hydroxylation sites is 2. The van der Waals surface area contributed by atoms with E-state index in [0.29, 0.717) is 30.1 Å². The number of carbonyl (C=O) groups is 1. The summed E-state index contributed by atoms with van der Waals surface area (Å²) in [6, 6.07) is 10.7. The van der Waals surface area contributed by atoms with E-state index < -0.39 is 6.10 Å². The molecule has 3 heterocycles. The average Bonchev–Trinajstić information content (AvgIpc) is 2.76. The van der Waals surface area contributed by atoms with Crippen molar-refractivity contribution in [3.05, 3.63) is 42.2 Å². The predicted octanol–water partition coefficient (Wildman–Crippen LogP) is 3.96. The van der Waals surface area contributed by atoms with Crippen LogP contribution in [-0.4, -0.2) is 45.9 Å². The molecular formula is C24H33N5O2. The molecule has 0 bridgehead atoms. The van der Waals surface area contributed by atoms with E-state index in [4.69, 9.17) is 10.5 Å². The number of carbonyl (C=O) groups excluding carboxylic acids is 1. The van der Waals surface area contributed by atoms with Gasteiger partial charge in [0, 0.05) is 24.8 Å². The van der Waals surface area contributed by atoms with E-state index in [1.807, 2.05) is 29.2 Å². The number of rotatable bonds is 7. The van der Waals surface area contributed by atoms with Crippen molar-refractivity contribution in [1.82, 2.24) is 14.9 Å². The predicted molar refractivity (Wildman–Crippen MR) is 122 cm³/mol. The largest absolute Gasteiger partial charge is 0.472 e. The van der Waals surface area contributed by atoms with Gasteiger partial charge in [-0.3, -0.25) is 9.69 Å². The van der Waals surface area contributed by atoms with Crippen molar-refractivity contribution in [1.29, 1.82) is 0 Å². The van der Waals surface area contributed by atoms with Crippen LogP contribution >= 0.6 is 0 Å². The van der Waals surface area contributed by atoms with Crippen LogP contribution in [0.1, 0.15) is 64.2 Å². The summed E-state index contributed by atoms with van der Waals surface area (Å²) >= 11 is 0. The Morgan fingerprint density at radius 3 is 2.58 bits per heavy atom. The van der Waals surface area contributed by atoms with Gasteiger partial charge in [0.15, 0.2) is 0 Å². The number of piperidine rings is 1. The van der Waals surface area contributed by atoms with E-state index in [-0.39, 0.29) is 11.9 Å². The maximum atomic E-state index is 13.3. The number of nitrogen functional groups attached to an aromatic ring is 1. The highest BCUT2D eigenvalue weighted by Crippen LogP contribution is 2.38. The number of aromatic nitrogens is 2. The lowest BCUT2D eigenvalue weighted by atomic mass is 9.97. The molecule has 4 rings (SSSR count). The molecule has 3 atom stereocenters. The van der Waals surface area contributed by atoms with Crippen LogP contribution in [0.15, 0.2) is 36.5 Å². The van der Waals surface area contributed by atoms with Gasteiger partial charge in [-0.1, -0.05) is 25.0 Å². The number of nitrogens with two attached hydrogens (primary N) is 1. The molecule has 7 heteroatoms. The normalized spacial score (nSPS) is 24.0. The van der Waals surface area contributed by atoms with Gasteiger partial charge in [0.2, 0.25) is 12.1 Å². The molecule has 0 spiro atoms. The van der Waals surface area contributed by atoms with Crippen LogP contribution in [0.25, 0.3) is 0 Å². The Kier molecular flexibility index (Phi) is 6.70. The maximum Gasteiger partial charge on any atom is 0.274 e. The molecule has 0 radical (unpaired) electrons. The van der Waals surface area contributed by atoms with Crippen molar-refractivity contribution in [3.8, 4) is 5.75 Å². The Balaban J connectivity index is 1.39. The van der Waals surface area contributed by atoms with Crippen molar-refractivity contribution in [2.75, 3.05) is 23.7 Å². The lowest BCUT2D eigenvalue weighted by molar-refractivity contribution is -0.126. The fourth-order valence-electron chi connectivity index (χ4n) is 4.83. The second kappa shape index (κ2) is 9.64. The van der Waals surface area contributed by atoms with E-state index >= 15 is 0 Å². The number of amides is 1. The number of hydrogen-bond donors (Lipinski definition) is 1. The number of hydrogen-bond acceptors (Lipinski definition) is 6. The summed E-state index contributed by atoms with van der Waals surface area (Å²) < 4.78 is 6.00. The first-order valence-electron chi connectivity index (χ1n) is 11.5. The van der Waals surface area contributed by atoms with Gasteiger partial charge in [-0.15, -0.1) is 0 Å². The summed E-state index contributed by atoms with van der Waals surface area (Å²) in [7, 11) is 0. The molecule has 7 nitrogen and oxygen atoms in total. The van der Waals surface area contributed by atoms with Crippen LogP contribution in [0, 0.1) is 0 Å². The minimum absolute atomic E-state index is 0.102. The molecule has 0 saturated carbocycles. The Morgan fingerprint density at radius 2 is 1.81 bits per heavy atom. The highest BCUT2D eigenvalue weighted by atomic mass is 16.5. The summed E-state index contributed by atoms with van der Waals surface area (Å²) in [5.41, 5.74) is 7.04. The summed E-state index contributed by atoms with van der Waals surface area (Å²) in [5.74, 6) is 0.732. The molecule has 166 valence electrons. The Bertz CT molecular complexity index is 895. The summed E-state index contributed by atoms with van der Waals surface area (Å²) in [5, 5.41) is 0. The van der Waals surface area contributed by atoms with Crippen LogP contribution in [0.2, 0.25) is 0 Å². The molecule has 2 aliphatic heterocycles. The van der Waals surface area contributed by atoms with Gasteiger partial charge in [0.25, 0.3) is 5.91 Å². The standard InChI is InChI=1S/C24H33N5O2/c1-17-9-8-10-18(2)28(17)15-6-3-7-16-29-20-11-4-5-12-21(20)31-22(23(29)30)19-13-14-26-24(25)27-19/h4-5,11-14,17-18,22H,3,6-10,15-16H2,1-2H3,(H2,25,26,27)/t17-,18+,22?. The third-order valence-electron chi connectivity index (χ3n) is 6.53. The molecule has 2 aromatic rings. The van der Waals surface area contributed by atoms with E-state index in [9.17, 15) is 4.79 Å². The quantitative estimate of drug-likeness (QED) is 0.679. The number of likely N-dealkylation sites (tertiary alicyclic amines) is 1. The smallest absolute Gasteiger partial charge is 0.274 e. The first kappa shape index (κ1) is 21.6. The Labute approximate surface area is 184 Å². The van der Waals surface area contributed by atoms with Crippen LogP contribution < -0.4 is 15.4 Å². The number of fused-ring (bicyclic) bond motifs is 1. The zero-order valence-electron chi connectivity index (χ0n) is 18.5. The SMILES string of the molecule is C[C@@H]1CCC[C@H](C)N1CCCCCN1C(=O)C(c2ccnc(N)n2)Oc2ccccc21. The highest BCUT2D eigenvalue weighted by molar-refractivity contribution is 6.00. The number of ether oxygens (including phenoxy) is 1. The molecule has 1 fully saturated rings. The van der Waals surface area contributed by atoms with Crippen molar-refractivity contribution >= 4 is 17.5 Å². The summed E-state index contributed by atoms with van der Waals surface area (Å²) in [6.07, 6.45) is 7.91. The third kappa shape index (κ3) is 4.82. The molecule has 0 aliphatic carbocycles. The van der Waals surface area contributed by atoms with E-state index in [1.165, 1.54) is 19.3 Å². The summed E-state index contributed by atoms with van der Waals surface area (Å²) in [6.45, 7) is 6.50. The number of unbranched alkanes of at least 4 members (excludes halogenated alkanes) is 2. The molecule has 2 aliphatic rings. The lowest BCUT2D eigenvalue weighted by Crippen LogP contribution is -2.44. The average molecular weight is 424 g/mol. The van der Waals surface area contributed by atoms with E-state index in [2.05, 4.69) is 28.7 Å². The second-order valence-electron chi connectivity index (χ2n) is 8.72. The monoisotopic (exact) mass is 423 g/mol. The van der Waals surface area contributed by atoms with Gasteiger partial charge < -0.3 is 15.4 Å². The molecule has 2 N–H and O–H groups in total. The van der Waals surface area contributed by atoms with Crippen LogP contribution in [0.3, 0.4) is 0 Å². The minimum Gasteiger partial charge on any atom is -0.472 e. The maximum absolute atomic E-state index is 13.3. The van der Waals surface area contributed by atoms with Crippen molar-refractivity contribution in [3.63, 3.8) is 0 Å². The highest BCUT2D eigenvalue weighted by Gasteiger charge is 2.36. The van der Waals surface area contributed by atoms with Gasteiger partial charge in [0.05, 0.1) is 11.4 Å². The fraction of sp³-hybridized carbons (Fsp3) is 0.542. The van der Waals surface area contributed by atoms with Gasteiger partial charge in [-0.05, 0) is 64.3 Å². The third-order valence-corrected chi connectivity index (χ3v) is 6.53. The summed E-state index contributed by atoms with van der Waals surface area (Å²) in [4.78, 5) is 25.9. The molecule has 1 amide bonds. The van der Waals surface area contributed by atoms with E-state index in [0.717, 1.165) is 31.5 Å². The number of nitrogens with zero attached hydrogens (tertiary/aromatic N) is 4. The zero-order valence-corrected chi connectivity index (χ0v) is 18.5. The first-order valence-corrected chi connectivity index (χ1v) is 11.5. The molecule has 1 unspecified atom stereocenters.